The summed E-state index contributed by atoms with van der Waals surface area (Å²) in [5.74, 6) is 5.10. The van der Waals surface area contributed by atoms with Crippen molar-refractivity contribution in [2.24, 2.45) is 4.99 Å². The van der Waals surface area contributed by atoms with Gasteiger partial charge < -0.3 is 19.9 Å². The third kappa shape index (κ3) is 6.17. The molecular formula is C20H26N4O2. The van der Waals surface area contributed by atoms with E-state index in [-0.39, 0.29) is 6.61 Å². The molecule has 6 nitrogen and oxygen atoms in total. The molecule has 0 atom stereocenters. The molecule has 0 saturated carbocycles. The predicted molar refractivity (Wildman–Crippen MR) is 103 cm³/mol. The minimum Gasteiger partial charge on any atom is -0.481 e. The summed E-state index contributed by atoms with van der Waals surface area (Å²) in [4.78, 5) is 4.22. The Morgan fingerprint density at radius 3 is 2.69 bits per heavy atom. The number of hydrogen-bond donors (Lipinski definition) is 2. The van der Waals surface area contributed by atoms with E-state index in [0.29, 0.717) is 12.5 Å². The summed E-state index contributed by atoms with van der Waals surface area (Å²) in [7, 11) is 1.74. The number of aromatic nitrogens is 1. The average Bonchev–Trinajstić information content (AvgIpc) is 3.13. The van der Waals surface area contributed by atoms with Crippen LogP contribution in [0.1, 0.15) is 36.8 Å². The van der Waals surface area contributed by atoms with Gasteiger partial charge in [0.2, 0.25) is 0 Å². The molecule has 0 aliphatic rings. The minimum absolute atomic E-state index is 0.284. The molecule has 0 bridgehead atoms. The van der Waals surface area contributed by atoms with Gasteiger partial charge in [0.1, 0.15) is 12.4 Å². The number of rotatable bonds is 8. The Bertz CT molecular complexity index is 742. The summed E-state index contributed by atoms with van der Waals surface area (Å²) in [5, 5.41) is 10.6. The third-order valence-electron chi connectivity index (χ3n) is 3.77. The highest BCUT2D eigenvalue weighted by molar-refractivity contribution is 5.79. The van der Waals surface area contributed by atoms with Gasteiger partial charge in [-0.1, -0.05) is 37.1 Å². The van der Waals surface area contributed by atoms with Crippen molar-refractivity contribution in [3.63, 3.8) is 0 Å². The molecule has 0 saturated heterocycles. The number of nitrogens with one attached hydrogen (secondary N) is 2. The lowest BCUT2D eigenvalue weighted by atomic mass is 10.1. The molecule has 26 heavy (non-hydrogen) atoms. The van der Waals surface area contributed by atoms with E-state index in [1.807, 2.05) is 30.3 Å². The van der Waals surface area contributed by atoms with E-state index in [1.165, 1.54) is 5.56 Å². The topological polar surface area (TPSA) is 71.7 Å². The summed E-state index contributed by atoms with van der Waals surface area (Å²) < 4.78 is 10.7. The fraction of sp³-hybridized carbons (Fsp3) is 0.400. The highest BCUT2D eigenvalue weighted by Gasteiger charge is 2.08. The van der Waals surface area contributed by atoms with Gasteiger partial charge >= 0.3 is 0 Å². The van der Waals surface area contributed by atoms with Crippen LogP contribution < -0.4 is 15.4 Å². The molecule has 0 radical (unpaired) electrons. The largest absolute Gasteiger partial charge is 0.481 e. The molecule has 2 aromatic rings. The Morgan fingerprint density at radius 1 is 1.31 bits per heavy atom. The van der Waals surface area contributed by atoms with Crippen molar-refractivity contribution in [2.75, 3.05) is 20.2 Å². The molecule has 1 heterocycles. The number of terminal acetylenes is 1. The van der Waals surface area contributed by atoms with Crippen LogP contribution in [0.4, 0.5) is 0 Å². The molecule has 138 valence electrons. The van der Waals surface area contributed by atoms with E-state index >= 15 is 0 Å². The van der Waals surface area contributed by atoms with Crippen molar-refractivity contribution in [3.05, 3.63) is 47.3 Å². The molecule has 2 N–H and O–H groups in total. The average molecular weight is 354 g/mol. The fourth-order valence-corrected chi connectivity index (χ4v) is 2.28. The highest BCUT2D eigenvalue weighted by Crippen LogP contribution is 2.14. The Hall–Kier alpha value is -2.94. The number of hydrogen-bond acceptors (Lipinski definition) is 4. The normalized spacial score (nSPS) is 11.3. The lowest BCUT2D eigenvalue weighted by Crippen LogP contribution is -2.37. The van der Waals surface area contributed by atoms with Crippen molar-refractivity contribution in [1.29, 1.82) is 0 Å². The van der Waals surface area contributed by atoms with Crippen LogP contribution in [-0.4, -0.2) is 31.3 Å². The zero-order chi connectivity index (χ0) is 18.8. The van der Waals surface area contributed by atoms with Crippen molar-refractivity contribution < 1.29 is 9.26 Å². The summed E-state index contributed by atoms with van der Waals surface area (Å²) in [6, 6.07) is 9.89. The summed E-state index contributed by atoms with van der Waals surface area (Å²) in [6.07, 6.45) is 6.05. The Labute approximate surface area is 155 Å². The molecule has 0 fully saturated rings. The van der Waals surface area contributed by atoms with Gasteiger partial charge in [-0.2, -0.15) is 0 Å². The van der Waals surface area contributed by atoms with Crippen LogP contribution in [0.5, 0.6) is 5.75 Å². The second-order valence-corrected chi connectivity index (χ2v) is 6.11. The third-order valence-corrected chi connectivity index (χ3v) is 3.77. The molecule has 0 aliphatic carbocycles. The molecular weight excluding hydrogens is 328 g/mol. The zero-order valence-electron chi connectivity index (χ0n) is 15.6. The van der Waals surface area contributed by atoms with Crippen molar-refractivity contribution >= 4 is 5.96 Å². The molecule has 0 spiro atoms. The van der Waals surface area contributed by atoms with Crippen molar-refractivity contribution in [3.8, 4) is 18.1 Å². The second kappa shape index (κ2) is 10.1. The SMILES string of the molecule is C#CCOc1ccc(CCNC(=NC)NCc2cc(C(C)C)no2)cc1. The Kier molecular flexibility index (Phi) is 7.56. The van der Waals surface area contributed by atoms with Crippen LogP contribution in [0.15, 0.2) is 39.8 Å². The van der Waals surface area contributed by atoms with Crippen LogP contribution in [0, 0.1) is 12.3 Å². The molecule has 0 unspecified atom stereocenters. The molecule has 0 aliphatic heterocycles. The van der Waals surface area contributed by atoms with Crippen LogP contribution in [0.3, 0.4) is 0 Å². The quantitative estimate of drug-likeness (QED) is 0.433. The lowest BCUT2D eigenvalue weighted by Gasteiger charge is -2.11. The number of aliphatic imine (C=N–C) groups is 1. The second-order valence-electron chi connectivity index (χ2n) is 6.11. The molecule has 2 rings (SSSR count). The van der Waals surface area contributed by atoms with Gasteiger partial charge in [-0.3, -0.25) is 4.99 Å². The Morgan fingerprint density at radius 2 is 2.08 bits per heavy atom. The summed E-state index contributed by atoms with van der Waals surface area (Å²) in [5.41, 5.74) is 2.16. The number of nitrogens with zero attached hydrogens (tertiary/aromatic N) is 2. The smallest absolute Gasteiger partial charge is 0.191 e. The van der Waals surface area contributed by atoms with Gasteiger partial charge in [0, 0.05) is 19.7 Å². The number of benzene rings is 1. The lowest BCUT2D eigenvalue weighted by molar-refractivity contribution is 0.370. The first kappa shape index (κ1) is 19.4. The first-order chi connectivity index (χ1) is 12.6. The Balaban J connectivity index is 1.73. The maximum Gasteiger partial charge on any atom is 0.191 e. The van der Waals surface area contributed by atoms with Crippen LogP contribution in [0.2, 0.25) is 0 Å². The van der Waals surface area contributed by atoms with Crippen LogP contribution >= 0.6 is 0 Å². The predicted octanol–water partition coefficient (Wildman–Crippen LogP) is 2.72. The van der Waals surface area contributed by atoms with E-state index in [4.69, 9.17) is 15.7 Å². The van der Waals surface area contributed by atoms with Crippen molar-refractivity contribution in [1.82, 2.24) is 15.8 Å². The van der Waals surface area contributed by atoms with E-state index in [1.54, 1.807) is 7.05 Å². The molecule has 6 heteroatoms. The minimum atomic E-state index is 0.284. The zero-order valence-corrected chi connectivity index (χ0v) is 15.6. The van der Waals surface area contributed by atoms with Crippen molar-refractivity contribution in [2.45, 2.75) is 32.7 Å². The van der Waals surface area contributed by atoms with Gasteiger partial charge in [-0.05, 0) is 30.0 Å². The molecule has 1 aromatic carbocycles. The van der Waals surface area contributed by atoms with Gasteiger partial charge in [0.05, 0.1) is 12.2 Å². The van der Waals surface area contributed by atoms with E-state index in [2.05, 4.69) is 40.6 Å². The maximum atomic E-state index is 5.37. The first-order valence-electron chi connectivity index (χ1n) is 8.67. The van der Waals surface area contributed by atoms with E-state index in [9.17, 15) is 0 Å². The van der Waals surface area contributed by atoms with Gasteiger partial charge in [-0.15, -0.1) is 6.42 Å². The first-order valence-corrected chi connectivity index (χ1v) is 8.67. The van der Waals surface area contributed by atoms with Crippen LogP contribution in [0.25, 0.3) is 0 Å². The standard InChI is InChI=1S/C20H26N4O2/c1-5-12-25-17-8-6-16(7-9-17)10-11-22-20(21-4)23-14-18-13-19(15(2)3)24-26-18/h1,6-9,13,15H,10-12,14H2,2-4H3,(H2,21,22,23). The summed E-state index contributed by atoms with van der Waals surface area (Å²) in [6.45, 7) is 5.76. The summed E-state index contributed by atoms with van der Waals surface area (Å²) >= 11 is 0. The highest BCUT2D eigenvalue weighted by atomic mass is 16.5. The maximum absolute atomic E-state index is 5.37. The van der Waals surface area contributed by atoms with E-state index in [0.717, 1.165) is 36.1 Å². The van der Waals surface area contributed by atoms with E-state index < -0.39 is 0 Å². The van der Waals surface area contributed by atoms with Gasteiger partial charge in [0.15, 0.2) is 11.7 Å². The fourth-order valence-electron chi connectivity index (χ4n) is 2.28. The number of guanidine groups is 1. The monoisotopic (exact) mass is 354 g/mol. The molecule has 0 amide bonds. The van der Waals surface area contributed by atoms with Gasteiger partial charge in [-0.25, -0.2) is 0 Å². The number of ether oxygens (including phenoxy) is 1. The van der Waals surface area contributed by atoms with Crippen LogP contribution in [-0.2, 0) is 13.0 Å². The van der Waals surface area contributed by atoms with Gasteiger partial charge in [0.25, 0.3) is 0 Å². The molecule has 1 aromatic heterocycles.